The van der Waals surface area contributed by atoms with Crippen molar-refractivity contribution < 1.29 is 44.2 Å². The van der Waals surface area contributed by atoms with Crippen LogP contribution < -0.4 is 0 Å². The predicted molar refractivity (Wildman–Crippen MR) is 139 cm³/mol. The highest BCUT2D eigenvalue weighted by molar-refractivity contribution is 5.85. The van der Waals surface area contributed by atoms with Crippen LogP contribution in [0.5, 0.6) is 0 Å². The van der Waals surface area contributed by atoms with E-state index in [9.17, 15) is 25.2 Å². The molecule has 4 N–H and O–H groups in total. The molecule has 0 spiro atoms. The summed E-state index contributed by atoms with van der Waals surface area (Å²) in [6, 6.07) is 0. The van der Waals surface area contributed by atoms with E-state index in [-0.39, 0.29) is 35.9 Å². The Labute approximate surface area is 230 Å². The summed E-state index contributed by atoms with van der Waals surface area (Å²) in [5.74, 6) is 0.260. The Bertz CT molecular complexity index is 1000. The standard InChI is InChI=1S/C30H46O9/c1-15-24(33)26(36-4)25(34)27(38-15)39-18-7-9-28(2)17(12-18)5-6-20-19(28)8-10-29(3)23(16-11-22(32)37-14-16)21(31)13-30(20,29)35/h11,15,17-21,23-27,31,33-35H,5-10,12-14H2,1-4H3. The molecule has 0 aromatic rings. The maximum absolute atomic E-state index is 12.4. The normalized spacial score (nSPS) is 55.3. The van der Waals surface area contributed by atoms with E-state index in [4.69, 9.17) is 18.9 Å². The van der Waals surface area contributed by atoms with Crippen LogP contribution in [0.15, 0.2) is 11.6 Å². The van der Waals surface area contributed by atoms with E-state index in [0.29, 0.717) is 18.3 Å². The zero-order chi connectivity index (χ0) is 27.9. The van der Waals surface area contributed by atoms with Crippen molar-refractivity contribution in [3.8, 4) is 0 Å². The second-order valence-electron chi connectivity index (χ2n) is 13.9. The number of aliphatic hydroxyl groups is 4. The van der Waals surface area contributed by atoms with Gasteiger partial charge in [0.05, 0.1) is 23.9 Å². The first-order valence-corrected chi connectivity index (χ1v) is 14.9. The summed E-state index contributed by atoms with van der Waals surface area (Å²) in [6.07, 6.45) is 3.40. The monoisotopic (exact) mass is 550 g/mol. The number of fused-ring (bicyclic) bond motifs is 5. The van der Waals surface area contributed by atoms with E-state index >= 15 is 0 Å². The Balaban J connectivity index is 1.17. The number of carbonyl (C=O) groups excluding carboxylic acids is 1. The molecule has 0 radical (unpaired) electrons. The maximum atomic E-state index is 12.4. The number of hydrogen-bond donors (Lipinski definition) is 4. The van der Waals surface area contributed by atoms with Gasteiger partial charge in [0, 0.05) is 30.9 Å². The molecule has 9 nitrogen and oxygen atoms in total. The van der Waals surface area contributed by atoms with E-state index in [1.807, 2.05) is 0 Å². The summed E-state index contributed by atoms with van der Waals surface area (Å²) in [7, 11) is 1.48. The number of methoxy groups -OCH3 is 1. The summed E-state index contributed by atoms with van der Waals surface area (Å²) in [5, 5.41) is 44.7. The second kappa shape index (κ2) is 9.75. The molecule has 5 fully saturated rings. The summed E-state index contributed by atoms with van der Waals surface area (Å²) in [6.45, 7) is 6.48. The Kier molecular flexibility index (Phi) is 7.02. The Morgan fingerprint density at radius 3 is 2.49 bits per heavy atom. The van der Waals surface area contributed by atoms with E-state index in [2.05, 4.69) is 13.8 Å². The Morgan fingerprint density at radius 2 is 1.79 bits per heavy atom. The van der Waals surface area contributed by atoms with Crippen molar-refractivity contribution >= 4 is 5.97 Å². The van der Waals surface area contributed by atoms with Crippen LogP contribution in [0.4, 0.5) is 0 Å². The molecular formula is C30H46O9. The van der Waals surface area contributed by atoms with Crippen LogP contribution in [0.3, 0.4) is 0 Å². The van der Waals surface area contributed by atoms with Gasteiger partial charge in [0.15, 0.2) is 6.29 Å². The number of esters is 1. The fraction of sp³-hybridized carbons (Fsp3) is 0.900. The van der Waals surface area contributed by atoms with Gasteiger partial charge in [-0.2, -0.15) is 0 Å². The lowest BCUT2D eigenvalue weighted by atomic mass is 9.43. The number of hydrogen-bond acceptors (Lipinski definition) is 9. The summed E-state index contributed by atoms with van der Waals surface area (Å²) >= 11 is 0. The lowest BCUT2D eigenvalue weighted by Crippen LogP contribution is -2.62. The third-order valence-electron chi connectivity index (χ3n) is 12.3. The Morgan fingerprint density at radius 1 is 1.03 bits per heavy atom. The maximum Gasteiger partial charge on any atom is 0.331 e. The van der Waals surface area contributed by atoms with Crippen LogP contribution >= 0.6 is 0 Å². The lowest BCUT2D eigenvalue weighted by Gasteiger charge is -2.63. The molecule has 14 atom stereocenters. The van der Waals surface area contributed by atoms with E-state index in [1.165, 1.54) is 13.2 Å². The third kappa shape index (κ3) is 4.09. The van der Waals surface area contributed by atoms with Crippen molar-refractivity contribution in [3.05, 3.63) is 11.6 Å². The second-order valence-corrected chi connectivity index (χ2v) is 13.9. The number of carbonyl (C=O) groups is 1. The van der Waals surface area contributed by atoms with Crippen molar-refractivity contribution in [1.82, 2.24) is 0 Å². The predicted octanol–water partition coefficient (Wildman–Crippen LogP) is 2.08. The average Bonchev–Trinajstić information content (AvgIpc) is 3.39. The topological polar surface area (TPSA) is 135 Å². The van der Waals surface area contributed by atoms with Gasteiger partial charge in [-0.1, -0.05) is 13.8 Å². The first-order valence-electron chi connectivity index (χ1n) is 14.9. The smallest absolute Gasteiger partial charge is 0.331 e. The lowest BCUT2D eigenvalue weighted by molar-refractivity contribution is -0.313. The quantitative estimate of drug-likeness (QED) is 0.307. The fourth-order valence-corrected chi connectivity index (χ4v) is 10.2. The van der Waals surface area contributed by atoms with Gasteiger partial charge < -0.3 is 39.4 Å². The van der Waals surface area contributed by atoms with Gasteiger partial charge in [0.2, 0.25) is 0 Å². The number of ether oxygens (including phenoxy) is 4. The van der Waals surface area contributed by atoms with Crippen molar-refractivity contribution in [3.63, 3.8) is 0 Å². The number of cyclic esters (lactones) is 1. The summed E-state index contributed by atoms with van der Waals surface area (Å²) < 4.78 is 22.7. The van der Waals surface area contributed by atoms with Crippen LogP contribution in [-0.4, -0.2) is 88.6 Å². The van der Waals surface area contributed by atoms with Gasteiger partial charge in [-0.3, -0.25) is 0 Å². The molecule has 6 aliphatic rings. The summed E-state index contributed by atoms with van der Waals surface area (Å²) in [5.41, 5.74) is -0.601. The molecule has 4 saturated carbocycles. The number of rotatable bonds is 4. The van der Waals surface area contributed by atoms with Gasteiger partial charge in [-0.15, -0.1) is 0 Å². The van der Waals surface area contributed by atoms with Gasteiger partial charge in [0.1, 0.15) is 24.9 Å². The van der Waals surface area contributed by atoms with Crippen LogP contribution in [0.25, 0.3) is 0 Å². The first-order chi connectivity index (χ1) is 18.4. The molecule has 9 heteroatoms. The van der Waals surface area contributed by atoms with Crippen molar-refractivity contribution in [2.75, 3.05) is 13.7 Å². The van der Waals surface area contributed by atoms with Gasteiger partial charge in [-0.05, 0) is 80.6 Å². The molecule has 220 valence electrons. The minimum absolute atomic E-state index is 0.0547. The van der Waals surface area contributed by atoms with Gasteiger partial charge in [-0.25, -0.2) is 4.79 Å². The van der Waals surface area contributed by atoms with E-state index in [1.54, 1.807) is 6.92 Å². The highest BCUT2D eigenvalue weighted by Crippen LogP contribution is 2.70. The molecular weight excluding hydrogens is 504 g/mol. The first kappa shape index (κ1) is 28.1. The average molecular weight is 551 g/mol. The number of aliphatic hydroxyl groups excluding tert-OH is 3. The molecule has 2 aliphatic heterocycles. The van der Waals surface area contributed by atoms with Crippen LogP contribution in [0.1, 0.15) is 72.1 Å². The molecule has 1 saturated heterocycles. The van der Waals surface area contributed by atoms with E-state index < -0.39 is 47.8 Å². The highest BCUT2D eigenvalue weighted by Gasteiger charge is 2.70. The SMILES string of the molecule is COC1C(O)C(C)OC(OC2CCC3(C)C(CCC4C3CCC3(C)C(C5=CC(=O)OC5)C(O)CC43O)C2)C1O. The molecule has 4 aliphatic carbocycles. The summed E-state index contributed by atoms with van der Waals surface area (Å²) in [4.78, 5) is 11.8. The van der Waals surface area contributed by atoms with Crippen molar-refractivity contribution in [2.24, 2.45) is 34.5 Å². The molecule has 6 rings (SSSR count). The minimum atomic E-state index is -1.06. The van der Waals surface area contributed by atoms with E-state index in [0.717, 1.165) is 50.5 Å². The molecule has 39 heavy (non-hydrogen) atoms. The zero-order valence-electron chi connectivity index (χ0n) is 23.6. The van der Waals surface area contributed by atoms with Gasteiger partial charge in [0.25, 0.3) is 0 Å². The highest BCUT2D eigenvalue weighted by atomic mass is 16.7. The third-order valence-corrected chi connectivity index (χ3v) is 12.3. The molecule has 2 heterocycles. The minimum Gasteiger partial charge on any atom is -0.458 e. The van der Waals surface area contributed by atoms with Gasteiger partial charge >= 0.3 is 5.97 Å². The largest absolute Gasteiger partial charge is 0.458 e. The molecule has 0 aromatic heterocycles. The van der Waals surface area contributed by atoms with Crippen LogP contribution in [0.2, 0.25) is 0 Å². The molecule has 14 unspecified atom stereocenters. The molecule has 0 amide bonds. The Hall–Kier alpha value is -1.07. The van der Waals surface area contributed by atoms with Crippen LogP contribution in [0, 0.1) is 34.5 Å². The molecule has 0 aromatic carbocycles. The van der Waals surface area contributed by atoms with Crippen molar-refractivity contribution in [2.45, 2.75) is 121 Å². The molecule has 0 bridgehead atoms. The zero-order valence-corrected chi connectivity index (χ0v) is 23.6. The van der Waals surface area contributed by atoms with Crippen molar-refractivity contribution in [1.29, 1.82) is 0 Å². The fourth-order valence-electron chi connectivity index (χ4n) is 10.2. The van der Waals surface area contributed by atoms with Crippen LogP contribution in [-0.2, 0) is 23.7 Å².